The van der Waals surface area contributed by atoms with E-state index in [1.54, 1.807) is 0 Å². The zero-order valence-corrected chi connectivity index (χ0v) is 24.5. The second kappa shape index (κ2) is 31.7. The van der Waals surface area contributed by atoms with Crippen LogP contribution in [0.4, 0.5) is 0 Å². The van der Waals surface area contributed by atoms with Crippen molar-refractivity contribution in [1.82, 2.24) is 0 Å². The molecule has 0 aromatic carbocycles. The van der Waals surface area contributed by atoms with Crippen molar-refractivity contribution in [3.05, 3.63) is 0 Å². The third-order valence-corrected chi connectivity index (χ3v) is 3.94. The van der Waals surface area contributed by atoms with Crippen molar-refractivity contribution >= 4 is 49.8 Å². The molecule has 0 heterocycles. The molecular weight excluding hydrogens is 672 g/mol. The van der Waals surface area contributed by atoms with Crippen molar-refractivity contribution in [2.75, 3.05) is 26.2 Å². The van der Waals surface area contributed by atoms with E-state index in [4.69, 9.17) is 9.90 Å². The van der Waals surface area contributed by atoms with Crippen molar-refractivity contribution < 1.29 is 45.4 Å². The molecule has 1 N–H and O–H groups in total. The number of hydrogen-bond donors (Lipinski definition) is 1. The van der Waals surface area contributed by atoms with Crippen LogP contribution in [-0.4, -0.2) is 41.7 Å². The number of carboxylic acid groups (broad SMARTS) is 1. The molecule has 0 fully saturated rings. The van der Waals surface area contributed by atoms with Gasteiger partial charge in [-0.25, -0.2) is 0 Å². The molecule has 0 amide bonds. The Morgan fingerprint density at radius 3 is 1.08 bits per heavy atom. The van der Waals surface area contributed by atoms with Crippen LogP contribution < -0.4 is 0 Å². The SMILES string of the molecule is Br.CC(=O)O.CCCC[N+](CCCC)(CCCC)CCCC.[Br][Pd][Br].[Cu]. The number of hydrogen-bond acceptors (Lipinski definition) is 1. The third-order valence-electron chi connectivity index (χ3n) is 3.94. The summed E-state index contributed by atoms with van der Waals surface area (Å²) in [5.41, 5.74) is 0. The van der Waals surface area contributed by atoms with Gasteiger partial charge >= 0.3 is 40.8 Å². The smallest absolute Gasteiger partial charge is 0 e. The summed E-state index contributed by atoms with van der Waals surface area (Å²) in [5, 5.41) is 7.42. The molecule has 0 saturated heterocycles. The molecule has 0 aliphatic carbocycles. The van der Waals surface area contributed by atoms with Crippen molar-refractivity contribution in [2.24, 2.45) is 0 Å². The quantitative estimate of drug-likeness (QED) is 0.170. The second-order valence-electron chi connectivity index (χ2n) is 6.21. The number of carboxylic acids is 1. The van der Waals surface area contributed by atoms with Crippen LogP contribution in [0.15, 0.2) is 0 Å². The van der Waals surface area contributed by atoms with Gasteiger partial charge in [-0.2, -0.15) is 0 Å². The van der Waals surface area contributed by atoms with Gasteiger partial charge in [-0.1, -0.05) is 53.4 Å². The van der Waals surface area contributed by atoms with Gasteiger partial charge in [0.05, 0.1) is 26.2 Å². The molecule has 0 aromatic heterocycles. The minimum Gasteiger partial charge on any atom is 0 e. The number of nitrogens with zero attached hydrogens (tertiary/aromatic N) is 1. The summed E-state index contributed by atoms with van der Waals surface area (Å²) in [5.74, 6) is -0.833. The molecule has 0 aromatic rings. The topological polar surface area (TPSA) is 37.3 Å². The Kier molecular flexibility index (Phi) is 47.2. The molecule has 1 radical (unpaired) electrons. The Labute approximate surface area is 205 Å². The van der Waals surface area contributed by atoms with Crippen LogP contribution in [0.1, 0.15) is 86.0 Å². The summed E-state index contributed by atoms with van der Waals surface area (Å²) >= 11 is 6.80. The molecule has 171 valence electrons. The van der Waals surface area contributed by atoms with E-state index >= 15 is 0 Å². The van der Waals surface area contributed by atoms with Crippen LogP contribution >= 0.6 is 43.8 Å². The van der Waals surface area contributed by atoms with Crippen molar-refractivity contribution in [1.29, 1.82) is 0 Å². The maximum absolute atomic E-state index is 9.00. The van der Waals surface area contributed by atoms with E-state index < -0.39 is 5.97 Å². The summed E-state index contributed by atoms with van der Waals surface area (Å²) in [6, 6.07) is 0. The average molecular weight is 713 g/mol. The second-order valence-corrected chi connectivity index (χ2v) is 13.4. The van der Waals surface area contributed by atoms with Gasteiger partial charge in [0.1, 0.15) is 0 Å². The van der Waals surface area contributed by atoms with Gasteiger partial charge in [0.25, 0.3) is 5.97 Å². The molecule has 26 heavy (non-hydrogen) atoms. The maximum atomic E-state index is 9.00. The standard InChI is InChI=1S/C16H36N.C2H4O2.3BrH.Cu.Pd/c1-5-9-13-17(14-10-6-2,15-11-7-3)16-12-8-4;1-2(3)4;;;;;/h5-16H2,1-4H3;1H3,(H,3,4);3*1H;;/q+1;;;;;;+2/p-2. The van der Waals surface area contributed by atoms with Crippen LogP contribution in [0.3, 0.4) is 0 Å². The van der Waals surface area contributed by atoms with Gasteiger partial charge in [0.15, 0.2) is 0 Å². The third kappa shape index (κ3) is 33.6. The largest absolute Gasteiger partial charge is 0 e. The van der Waals surface area contributed by atoms with Gasteiger partial charge in [-0.05, 0) is 25.7 Å². The van der Waals surface area contributed by atoms with E-state index in [0.29, 0.717) is 13.9 Å². The maximum Gasteiger partial charge on any atom is 0 e. The number of halogens is 3. The molecule has 8 heteroatoms. The first kappa shape index (κ1) is 38.6. The predicted octanol–water partition coefficient (Wildman–Crippen LogP) is 7.36. The first-order valence-corrected chi connectivity index (χ1v) is 16.4. The van der Waals surface area contributed by atoms with Crippen LogP contribution in [0.2, 0.25) is 0 Å². The predicted molar refractivity (Wildman–Crippen MR) is 121 cm³/mol. The van der Waals surface area contributed by atoms with Crippen molar-refractivity contribution in [3.63, 3.8) is 0 Å². The Bertz CT molecular complexity index is 225. The molecule has 0 bridgehead atoms. The summed E-state index contributed by atoms with van der Waals surface area (Å²) < 4.78 is 1.42. The molecule has 0 spiro atoms. The fourth-order valence-electron chi connectivity index (χ4n) is 2.64. The summed E-state index contributed by atoms with van der Waals surface area (Å²) in [6.45, 7) is 16.1. The molecule has 0 saturated carbocycles. The van der Waals surface area contributed by atoms with Crippen molar-refractivity contribution in [3.8, 4) is 0 Å². The molecule has 0 atom stereocenters. The van der Waals surface area contributed by atoms with E-state index in [1.807, 2.05) is 0 Å². The Balaban J connectivity index is -0.000000140. The Morgan fingerprint density at radius 2 is 0.962 bits per heavy atom. The van der Waals surface area contributed by atoms with Crippen molar-refractivity contribution in [2.45, 2.75) is 86.0 Å². The minimum absolute atomic E-state index is 0. The molecule has 0 aliphatic rings. The fourth-order valence-corrected chi connectivity index (χ4v) is 2.64. The number of aliphatic carboxylic acids is 1. The number of quaternary nitrogens is 1. The molecular formula is C18H41Br3CuNO2Pd+. The fraction of sp³-hybridized carbons (Fsp3) is 0.944. The Hall–Kier alpha value is 2.05. The first-order chi connectivity index (χ1) is 11.4. The zero-order valence-electron chi connectivity index (χ0n) is 17.1. The normalized spacial score (nSPS) is 9.65. The van der Waals surface area contributed by atoms with Crippen LogP contribution in [-0.2, 0) is 35.8 Å². The molecule has 0 aliphatic heterocycles. The Morgan fingerprint density at radius 1 is 0.808 bits per heavy atom. The van der Waals surface area contributed by atoms with E-state index in [-0.39, 0.29) is 34.1 Å². The van der Waals surface area contributed by atoms with E-state index in [9.17, 15) is 0 Å². The summed E-state index contributed by atoms with van der Waals surface area (Å²) in [6.07, 6.45) is 11.1. The van der Waals surface area contributed by atoms with Gasteiger partial charge in [0, 0.05) is 24.0 Å². The molecule has 0 rings (SSSR count). The van der Waals surface area contributed by atoms with E-state index in [0.717, 1.165) is 6.92 Å². The van der Waals surface area contributed by atoms with Crippen LogP contribution in [0.5, 0.6) is 0 Å². The molecule has 3 nitrogen and oxygen atoms in total. The average Bonchev–Trinajstić information content (AvgIpc) is 2.54. The van der Waals surface area contributed by atoms with Gasteiger partial charge in [-0.15, -0.1) is 17.0 Å². The van der Waals surface area contributed by atoms with Crippen LogP contribution in [0.25, 0.3) is 0 Å². The number of unbranched alkanes of at least 4 members (excludes halogenated alkanes) is 4. The molecule has 0 unspecified atom stereocenters. The monoisotopic (exact) mass is 709 g/mol. The van der Waals surface area contributed by atoms with Gasteiger partial charge in [-0.3, -0.25) is 4.79 Å². The number of rotatable bonds is 12. The van der Waals surface area contributed by atoms with Crippen LogP contribution in [0, 0.1) is 0 Å². The summed E-state index contributed by atoms with van der Waals surface area (Å²) in [4.78, 5) is 9.00. The minimum atomic E-state index is -0.833. The summed E-state index contributed by atoms with van der Waals surface area (Å²) in [7, 11) is 0. The van der Waals surface area contributed by atoms with Gasteiger partial charge < -0.3 is 9.59 Å². The van der Waals surface area contributed by atoms with E-state index in [2.05, 4.69) is 54.6 Å². The van der Waals surface area contributed by atoms with E-state index in [1.165, 1.54) is 82.0 Å². The zero-order chi connectivity index (χ0) is 19.3. The first-order valence-electron chi connectivity index (χ1n) is 9.26. The number of carbonyl (C=O) groups is 1. The van der Waals surface area contributed by atoms with Gasteiger partial charge in [0.2, 0.25) is 0 Å².